The van der Waals surface area contributed by atoms with Gasteiger partial charge in [0.05, 0.1) is 0 Å². The molecule has 228 valence electrons. The molecular formula is C36H28Cl2F4N2Ti. The van der Waals surface area contributed by atoms with E-state index >= 15 is 0 Å². The van der Waals surface area contributed by atoms with Crippen molar-refractivity contribution in [3.8, 4) is 0 Å². The first-order valence-electron chi connectivity index (χ1n) is 13.5. The average molecular weight is 683 g/mol. The zero-order chi connectivity index (χ0) is 31.6. The molecule has 0 unspecified atom stereocenters. The van der Waals surface area contributed by atoms with Crippen LogP contribution in [0, 0.1) is 47.6 Å². The second-order valence-electron chi connectivity index (χ2n) is 8.96. The molecule has 0 aromatic heterocycles. The van der Waals surface area contributed by atoms with Gasteiger partial charge in [0, 0.05) is 46.4 Å². The predicted molar refractivity (Wildman–Crippen MR) is 171 cm³/mol. The third kappa shape index (κ3) is 14.4. The van der Waals surface area contributed by atoms with Crippen LogP contribution in [0.25, 0.3) is 0 Å². The summed E-state index contributed by atoms with van der Waals surface area (Å²) in [6.45, 7) is 0.742. The van der Waals surface area contributed by atoms with Gasteiger partial charge in [-0.15, -0.1) is 49.2 Å². The van der Waals surface area contributed by atoms with E-state index < -0.39 is 23.3 Å². The van der Waals surface area contributed by atoms with Crippen molar-refractivity contribution in [1.82, 2.24) is 0 Å². The van der Waals surface area contributed by atoms with Crippen LogP contribution in [-0.4, -0.2) is 0 Å². The Morgan fingerprint density at radius 1 is 0.578 bits per heavy atom. The predicted octanol–water partition coefficient (Wildman–Crippen LogP) is 10.7. The number of nitrogens with one attached hydrogen (secondary N) is 2. The molecule has 4 aromatic carbocycles. The Balaban J connectivity index is 0.000000235. The Labute approximate surface area is 287 Å². The Kier molecular flexibility index (Phi) is 17.8. The number of rotatable bonds is 6. The smallest absolute Gasteiger partial charge is 0.430 e. The summed E-state index contributed by atoms with van der Waals surface area (Å²) in [5.74, 6) is -2.91. The van der Waals surface area contributed by atoms with Gasteiger partial charge in [0.25, 0.3) is 0 Å². The molecule has 0 saturated heterocycles. The summed E-state index contributed by atoms with van der Waals surface area (Å²) in [7, 11) is 0. The zero-order valence-electron chi connectivity index (χ0n) is 24.0. The molecule has 0 bridgehead atoms. The van der Waals surface area contributed by atoms with Gasteiger partial charge >= 0.3 is 21.7 Å². The molecule has 0 aliphatic heterocycles. The molecule has 6 rings (SSSR count). The van der Waals surface area contributed by atoms with E-state index in [2.05, 4.69) is 34.9 Å². The molecule has 2 aliphatic rings. The number of anilines is 2. The summed E-state index contributed by atoms with van der Waals surface area (Å²) < 4.78 is 51.8. The first-order chi connectivity index (χ1) is 21.3. The van der Waals surface area contributed by atoms with Gasteiger partial charge in [-0.05, 0) is 34.6 Å². The summed E-state index contributed by atoms with van der Waals surface area (Å²) in [4.78, 5) is 0. The largest absolute Gasteiger partial charge is 4.00 e. The molecule has 2 aliphatic carbocycles. The second-order valence-corrected chi connectivity index (χ2v) is 9.78. The molecule has 4 aromatic rings. The van der Waals surface area contributed by atoms with Crippen LogP contribution in [0.3, 0.4) is 0 Å². The maximum absolute atomic E-state index is 13.3. The fourth-order valence-electron chi connectivity index (χ4n) is 3.50. The molecular weight excluding hydrogens is 655 g/mol. The van der Waals surface area contributed by atoms with Crippen molar-refractivity contribution in [3.63, 3.8) is 0 Å². The Morgan fingerprint density at radius 2 is 0.978 bits per heavy atom. The standard InChI is InChI=1S/2C13H9ClF2N.2C5H5.Ti/c2*14-11-4-2-1-3-9(11)8-17-13-6-5-10(15)7-12(13)16;2*1-2-4-5-3-1;/h2*1-6,17H,8H2;2*1-3H,4H2;/q4*-1;+4. The molecule has 2 N–H and O–H groups in total. The van der Waals surface area contributed by atoms with Gasteiger partial charge in [-0.2, -0.15) is 12.2 Å². The van der Waals surface area contributed by atoms with Crippen molar-refractivity contribution < 1.29 is 39.3 Å². The molecule has 45 heavy (non-hydrogen) atoms. The van der Waals surface area contributed by atoms with Crippen LogP contribution >= 0.6 is 23.2 Å². The molecule has 0 atom stereocenters. The van der Waals surface area contributed by atoms with Crippen molar-refractivity contribution in [3.05, 3.63) is 178 Å². The normalized spacial score (nSPS) is 11.7. The van der Waals surface area contributed by atoms with Gasteiger partial charge in [-0.25, -0.2) is 41.9 Å². The summed E-state index contributed by atoms with van der Waals surface area (Å²) in [5.41, 5.74) is 2.09. The molecule has 0 saturated carbocycles. The number of hydrogen-bond acceptors (Lipinski definition) is 2. The summed E-state index contributed by atoms with van der Waals surface area (Å²) in [5, 5.41) is 6.89. The minimum absolute atomic E-state index is 0. The van der Waals surface area contributed by atoms with Crippen molar-refractivity contribution in [2.45, 2.75) is 25.9 Å². The first kappa shape index (κ1) is 37.6. The second kappa shape index (κ2) is 21.2. The summed E-state index contributed by atoms with van der Waals surface area (Å²) in [6.07, 6.45) is 20.0. The number of hydrogen-bond donors (Lipinski definition) is 2. The topological polar surface area (TPSA) is 24.1 Å². The van der Waals surface area contributed by atoms with Crippen LogP contribution in [0.5, 0.6) is 0 Å². The molecule has 9 heteroatoms. The van der Waals surface area contributed by atoms with Gasteiger partial charge in [0.2, 0.25) is 0 Å². The van der Waals surface area contributed by atoms with E-state index in [9.17, 15) is 17.6 Å². The molecule has 0 fully saturated rings. The van der Waals surface area contributed by atoms with Crippen molar-refractivity contribution in [2.24, 2.45) is 0 Å². The minimum Gasteiger partial charge on any atom is -0.430 e. The van der Waals surface area contributed by atoms with Crippen LogP contribution in [0.1, 0.15) is 24.0 Å². The zero-order valence-corrected chi connectivity index (χ0v) is 27.1. The minimum atomic E-state index is -0.739. The van der Waals surface area contributed by atoms with Crippen molar-refractivity contribution in [1.29, 1.82) is 0 Å². The quantitative estimate of drug-likeness (QED) is 0.120. The third-order valence-corrected chi connectivity index (χ3v) is 6.49. The average Bonchev–Trinajstić information content (AvgIpc) is 3.79. The van der Waals surface area contributed by atoms with Crippen LogP contribution in [0.4, 0.5) is 28.9 Å². The van der Waals surface area contributed by atoms with E-state index in [1.807, 2.05) is 72.8 Å². The van der Waals surface area contributed by atoms with Gasteiger partial charge in [-0.1, -0.05) is 59.6 Å². The number of halogens is 6. The molecule has 0 heterocycles. The van der Waals surface area contributed by atoms with Gasteiger partial charge in [0.1, 0.15) is 0 Å². The van der Waals surface area contributed by atoms with Crippen LogP contribution in [0.2, 0.25) is 10.0 Å². The van der Waals surface area contributed by atoms with Crippen LogP contribution in [0.15, 0.2) is 109 Å². The fraction of sp³-hybridized carbons (Fsp3) is 0.111. The van der Waals surface area contributed by atoms with Crippen LogP contribution in [-0.2, 0) is 34.8 Å². The third-order valence-electron chi connectivity index (χ3n) is 5.75. The maximum Gasteiger partial charge on any atom is 4.00 e. The van der Waals surface area contributed by atoms with E-state index in [-0.39, 0.29) is 33.1 Å². The molecule has 0 amide bonds. The summed E-state index contributed by atoms with van der Waals surface area (Å²) in [6, 6.07) is 23.4. The molecule has 0 spiro atoms. The number of allylic oxidation sites excluding steroid dienone is 8. The Bertz CT molecular complexity index is 1470. The van der Waals surface area contributed by atoms with Gasteiger partial charge in [-0.3, -0.25) is 12.2 Å². The van der Waals surface area contributed by atoms with E-state index in [0.29, 0.717) is 23.1 Å². The van der Waals surface area contributed by atoms with Crippen molar-refractivity contribution >= 4 is 34.6 Å². The van der Waals surface area contributed by atoms with Gasteiger partial charge < -0.3 is 10.6 Å². The van der Waals surface area contributed by atoms with Gasteiger partial charge in [0.15, 0.2) is 0 Å². The summed E-state index contributed by atoms with van der Waals surface area (Å²) >= 11 is 11.9. The Morgan fingerprint density at radius 3 is 1.27 bits per heavy atom. The SMILES string of the molecule is Fc1[c-]c(F)c(NCc2ccccc2Cl)cc1.Fc1[c-]c(F)c(NCc2ccccc2Cl)cc1.[C-]1=CC=CC1.[C-]1=CC=CC1.[Ti+4]. The van der Waals surface area contributed by atoms with E-state index in [4.69, 9.17) is 23.2 Å². The van der Waals surface area contributed by atoms with E-state index in [1.54, 1.807) is 12.1 Å². The monoisotopic (exact) mass is 682 g/mol. The van der Waals surface area contributed by atoms with Crippen LogP contribution < -0.4 is 10.6 Å². The first-order valence-corrected chi connectivity index (χ1v) is 14.2. The van der Waals surface area contributed by atoms with Crippen molar-refractivity contribution in [2.75, 3.05) is 10.6 Å². The maximum atomic E-state index is 13.3. The van der Waals surface area contributed by atoms with E-state index in [1.165, 1.54) is 12.1 Å². The molecule has 2 nitrogen and oxygen atoms in total. The fourth-order valence-corrected chi connectivity index (χ4v) is 3.91. The van der Waals surface area contributed by atoms with E-state index in [0.717, 1.165) is 36.1 Å². The Hall–Kier alpha value is -3.55. The molecule has 0 radical (unpaired) electrons. The number of benzene rings is 4.